The molecule has 0 saturated heterocycles. The van der Waals surface area contributed by atoms with E-state index in [9.17, 15) is 9.59 Å². The van der Waals surface area contributed by atoms with Gasteiger partial charge < -0.3 is 4.79 Å². The van der Waals surface area contributed by atoms with E-state index in [0.29, 0.717) is 5.56 Å². The molecule has 0 aliphatic rings. The molecule has 0 heterocycles. The zero-order valence-corrected chi connectivity index (χ0v) is 8.86. The van der Waals surface area contributed by atoms with Crippen molar-refractivity contribution in [3.63, 3.8) is 0 Å². The smallest absolute Gasteiger partial charge is 0.216 e. The number of hydrogen-bond donors (Lipinski definition) is 0. The highest BCUT2D eigenvalue weighted by Gasteiger charge is 2.10. The van der Waals surface area contributed by atoms with Gasteiger partial charge in [-0.25, -0.2) is 0 Å². The first kappa shape index (κ1) is 10.6. The van der Waals surface area contributed by atoms with E-state index >= 15 is 0 Å². The van der Waals surface area contributed by atoms with Gasteiger partial charge in [-0.2, -0.15) is 0 Å². The summed E-state index contributed by atoms with van der Waals surface area (Å²) in [6, 6.07) is 11.0. The molecule has 0 fully saturated rings. The number of Topliss-reactive ketones (excluding diaryl/α,β-unsaturated/α-hetero) is 1. The molecule has 2 radical (unpaired) electrons. The van der Waals surface area contributed by atoms with Crippen molar-refractivity contribution in [2.24, 2.45) is 0 Å². The van der Waals surface area contributed by atoms with Crippen molar-refractivity contribution < 1.29 is 9.59 Å². The number of carbonyl (C=O) groups excluding carboxylic acids is 2. The molecule has 0 aliphatic heterocycles. The molecular weight excluding hydrogens is 199 g/mol. The van der Waals surface area contributed by atoms with Gasteiger partial charge in [0.1, 0.15) is 5.68 Å². The quantitative estimate of drug-likeness (QED) is 0.429. The molecule has 0 aliphatic carbocycles. The average Bonchev–Trinajstić information content (AvgIpc) is 2.27. The largest absolute Gasteiger partial charge is 0.304 e. The second-order valence-electron chi connectivity index (χ2n) is 3.76. The summed E-state index contributed by atoms with van der Waals surface area (Å²) in [4.78, 5) is 22.1. The Morgan fingerprint density at radius 2 is 1.62 bits per heavy atom. The van der Waals surface area contributed by atoms with Crippen molar-refractivity contribution in [1.29, 1.82) is 0 Å². The van der Waals surface area contributed by atoms with Crippen molar-refractivity contribution in [3.05, 3.63) is 47.5 Å². The molecule has 2 rings (SSSR count). The van der Waals surface area contributed by atoms with E-state index in [-0.39, 0.29) is 0 Å². The highest BCUT2D eigenvalue weighted by Crippen LogP contribution is 2.17. The third kappa shape index (κ3) is 1.89. The van der Waals surface area contributed by atoms with Crippen LogP contribution in [-0.4, -0.2) is 19.3 Å². The van der Waals surface area contributed by atoms with Crippen LogP contribution in [0.15, 0.2) is 36.4 Å². The lowest BCUT2D eigenvalue weighted by Gasteiger charge is -2.02. The van der Waals surface area contributed by atoms with Crippen LogP contribution in [0.2, 0.25) is 0 Å². The lowest BCUT2D eigenvalue weighted by atomic mass is 9.92. The van der Waals surface area contributed by atoms with Crippen LogP contribution in [0.5, 0.6) is 0 Å². The Hall–Kier alpha value is -1.90. The summed E-state index contributed by atoms with van der Waals surface area (Å²) in [5.74, 6) is -0.650. The van der Waals surface area contributed by atoms with Crippen LogP contribution in [0.3, 0.4) is 0 Å². The maximum atomic E-state index is 11.4. The number of aryl methyl sites for hydroxylation is 1. The van der Waals surface area contributed by atoms with Crippen LogP contribution in [0.25, 0.3) is 10.8 Å². The van der Waals surface area contributed by atoms with Crippen LogP contribution in [0, 0.1) is 6.92 Å². The number of ketones is 1. The van der Waals surface area contributed by atoms with Gasteiger partial charge in [-0.1, -0.05) is 35.9 Å². The molecule has 0 saturated carbocycles. The van der Waals surface area contributed by atoms with Crippen LogP contribution in [0.4, 0.5) is 0 Å². The topological polar surface area (TPSA) is 34.1 Å². The summed E-state index contributed by atoms with van der Waals surface area (Å²) in [6.45, 7) is 2.00. The Kier molecular flexibility index (Phi) is 2.61. The Balaban J connectivity index is 2.57. The van der Waals surface area contributed by atoms with Gasteiger partial charge in [0.25, 0.3) is 0 Å². The zero-order valence-electron chi connectivity index (χ0n) is 8.86. The van der Waals surface area contributed by atoms with Crippen LogP contribution in [-0.2, 0) is 4.79 Å². The van der Waals surface area contributed by atoms with Crippen LogP contribution < -0.4 is 0 Å². The van der Waals surface area contributed by atoms with Crippen molar-refractivity contribution in [2.75, 3.05) is 0 Å². The minimum absolute atomic E-state index is 0.337. The lowest BCUT2D eigenvalue weighted by molar-refractivity contribution is -0.108. The molecule has 2 aromatic rings. The van der Waals surface area contributed by atoms with E-state index < -0.39 is 11.5 Å². The van der Waals surface area contributed by atoms with Gasteiger partial charge in [0.15, 0.2) is 7.85 Å². The standard InChI is InChI=1S/C13H9BO2/c1-8-2-3-10-7-11(12(15)13(14)16)5-4-9(10)6-8/h2-7H,1H3. The van der Waals surface area contributed by atoms with Gasteiger partial charge in [0.2, 0.25) is 5.78 Å². The van der Waals surface area contributed by atoms with Crippen molar-refractivity contribution in [1.82, 2.24) is 0 Å². The summed E-state index contributed by atoms with van der Waals surface area (Å²) < 4.78 is 0. The molecule has 2 aromatic carbocycles. The predicted molar refractivity (Wildman–Crippen MR) is 63.8 cm³/mol. The zero-order chi connectivity index (χ0) is 11.7. The van der Waals surface area contributed by atoms with E-state index in [2.05, 4.69) is 0 Å². The molecular formula is C13H9BO2. The van der Waals surface area contributed by atoms with Gasteiger partial charge >= 0.3 is 0 Å². The van der Waals surface area contributed by atoms with E-state index in [1.54, 1.807) is 12.1 Å². The second kappa shape index (κ2) is 3.93. The summed E-state index contributed by atoms with van der Waals surface area (Å²) >= 11 is 0. The predicted octanol–water partition coefficient (Wildman–Crippen LogP) is 2.03. The third-order valence-electron chi connectivity index (χ3n) is 2.48. The van der Waals surface area contributed by atoms with Crippen LogP contribution in [0.1, 0.15) is 15.9 Å². The first-order valence-corrected chi connectivity index (χ1v) is 4.92. The van der Waals surface area contributed by atoms with Gasteiger partial charge in [0, 0.05) is 5.56 Å². The van der Waals surface area contributed by atoms with E-state index in [1.165, 1.54) is 0 Å². The number of carbonyl (C=O) groups is 2. The van der Waals surface area contributed by atoms with Crippen LogP contribution >= 0.6 is 0 Å². The average molecular weight is 208 g/mol. The highest BCUT2D eigenvalue weighted by atomic mass is 16.2. The second-order valence-corrected chi connectivity index (χ2v) is 3.76. The maximum Gasteiger partial charge on any atom is 0.216 e. The molecule has 76 valence electrons. The lowest BCUT2D eigenvalue weighted by Crippen LogP contribution is -2.13. The number of hydrogen-bond acceptors (Lipinski definition) is 2. The fraction of sp³-hybridized carbons (Fsp3) is 0.0769. The monoisotopic (exact) mass is 208 g/mol. The molecule has 2 nitrogen and oxygen atoms in total. The number of rotatable bonds is 2. The van der Waals surface area contributed by atoms with Gasteiger partial charge in [-0.05, 0) is 23.8 Å². The summed E-state index contributed by atoms with van der Waals surface area (Å²) in [7, 11) is 4.95. The fourth-order valence-corrected chi connectivity index (χ4v) is 1.65. The Labute approximate surface area is 94.7 Å². The molecule has 0 spiro atoms. The van der Waals surface area contributed by atoms with Crippen molar-refractivity contribution >= 4 is 30.1 Å². The van der Waals surface area contributed by atoms with Gasteiger partial charge in [-0.3, -0.25) is 4.79 Å². The first-order chi connectivity index (χ1) is 7.58. The van der Waals surface area contributed by atoms with E-state index in [0.717, 1.165) is 16.3 Å². The minimum Gasteiger partial charge on any atom is -0.304 e. The molecule has 0 unspecified atom stereocenters. The highest BCUT2D eigenvalue weighted by molar-refractivity contribution is 6.79. The van der Waals surface area contributed by atoms with Crippen molar-refractivity contribution in [3.8, 4) is 0 Å². The SMILES string of the molecule is [B]C(=O)C(=O)c1ccc2cc(C)ccc2c1. The summed E-state index contributed by atoms with van der Waals surface area (Å²) in [5.41, 5.74) is 0.566. The summed E-state index contributed by atoms with van der Waals surface area (Å²) in [6.07, 6.45) is 0. The Morgan fingerprint density at radius 1 is 1.00 bits per heavy atom. The van der Waals surface area contributed by atoms with Crippen molar-refractivity contribution in [2.45, 2.75) is 6.92 Å². The first-order valence-electron chi connectivity index (χ1n) is 4.92. The summed E-state index contributed by atoms with van der Waals surface area (Å²) in [5, 5.41) is 1.97. The van der Waals surface area contributed by atoms with Gasteiger partial charge in [-0.15, -0.1) is 0 Å². The molecule has 0 atom stereocenters. The number of fused-ring (bicyclic) bond motifs is 1. The Bertz CT molecular complexity index is 588. The minimum atomic E-state index is -0.925. The third-order valence-corrected chi connectivity index (χ3v) is 2.48. The molecule has 0 amide bonds. The Morgan fingerprint density at radius 3 is 2.31 bits per heavy atom. The molecule has 0 aromatic heterocycles. The molecule has 0 bridgehead atoms. The number of benzene rings is 2. The molecule has 3 heteroatoms. The normalized spacial score (nSPS) is 10.3. The van der Waals surface area contributed by atoms with E-state index in [1.807, 2.05) is 31.2 Å². The molecule has 0 N–H and O–H groups in total. The van der Waals surface area contributed by atoms with Gasteiger partial charge in [0.05, 0.1) is 0 Å². The molecule has 16 heavy (non-hydrogen) atoms. The fourth-order valence-electron chi connectivity index (χ4n) is 1.65. The van der Waals surface area contributed by atoms with E-state index in [4.69, 9.17) is 7.85 Å². The maximum absolute atomic E-state index is 11.4.